The van der Waals surface area contributed by atoms with Gasteiger partial charge in [0.05, 0.1) is 6.61 Å². The van der Waals surface area contributed by atoms with E-state index >= 15 is 0 Å². The minimum atomic E-state index is -0.227. The molecule has 2 aromatic rings. The molecule has 1 saturated heterocycles. The monoisotopic (exact) mass is 306 g/mol. The maximum Gasteiger partial charge on any atom is 0.232 e. The van der Waals surface area contributed by atoms with Gasteiger partial charge in [-0.15, -0.1) is 0 Å². The molecule has 1 aliphatic heterocycles. The molecule has 1 aliphatic rings. The van der Waals surface area contributed by atoms with Crippen LogP contribution in [-0.4, -0.2) is 23.4 Å². The molecular formula is C16H19ClN2O2. The number of ether oxygens (including phenoxy) is 1. The number of nitrogens with zero attached hydrogens (tertiary/aromatic N) is 2. The molecule has 0 saturated carbocycles. The molecule has 1 aromatic carbocycles. The summed E-state index contributed by atoms with van der Waals surface area (Å²) in [6, 6.07) is 7.88. The summed E-state index contributed by atoms with van der Waals surface area (Å²) in [5, 5.41) is 4.88. The first kappa shape index (κ1) is 14.5. The molecule has 0 unspecified atom stereocenters. The second kappa shape index (κ2) is 5.78. The highest BCUT2D eigenvalue weighted by Gasteiger charge is 2.30. The topological polar surface area (TPSA) is 48.2 Å². The van der Waals surface area contributed by atoms with E-state index in [1.165, 1.54) is 0 Å². The van der Waals surface area contributed by atoms with E-state index in [0.29, 0.717) is 12.5 Å². The maximum atomic E-state index is 6.04. The van der Waals surface area contributed by atoms with Crippen molar-refractivity contribution >= 4 is 11.6 Å². The molecule has 0 radical (unpaired) electrons. The number of hydrogen-bond acceptors (Lipinski definition) is 4. The molecular weight excluding hydrogens is 288 g/mol. The van der Waals surface area contributed by atoms with Gasteiger partial charge in [-0.25, -0.2) is 0 Å². The Labute approximate surface area is 129 Å². The van der Waals surface area contributed by atoms with Gasteiger partial charge in [-0.3, -0.25) is 0 Å². The fraction of sp³-hybridized carbons (Fsp3) is 0.500. The second-order valence-corrected chi connectivity index (χ2v) is 6.65. The van der Waals surface area contributed by atoms with Gasteiger partial charge in [0.15, 0.2) is 5.82 Å². The second-order valence-electron chi connectivity index (χ2n) is 6.21. The summed E-state index contributed by atoms with van der Waals surface area (Å²) in [5.41, 5.74) is 0.937. The van der Waals surface area contributed by atoms with Crippen molar-refractivity contribution < 1.29 is 9.26 Å². The standard InChI is InChI=1S/C16H19ClN2O2/c1-16(2,9-11-4-3-5-13(17)8-11)15-18-14(19-21-15)12-6-7-20-10-12/h3-5,8,12H,6-7,9-10H2,1-2H3/t12-/m0/s1. The molecule has 1 aromatic heterocycles. The van der Waals surface area contributed by atoms with Gasteiger partial charge in [-0.2, -0.15) is 4.98 Å². The zero-order valence-electron chi connectivity index (χ0n) is 12.3. The van der Waals surface area contributed by atoms with Gasteiger partial charge in [0.2, 0.25) is 5.89 Å². The summed E-state index contributed by atoms with van der Waals surface area (Å²) in [7, 11) is 0. The van der Waals surface area contributed by atoms with Crippen LogP contribution in [-0.2, 0) is 16.6 Å². The third-order valence-electron chi connectivity index (χ3n) is 3.85. The van der Waals surface area contributed by atoms with E-state index in [-0.39, 0.29) is 11.3 Å². The van der Waals surface area contributed by atoms with E-state index in [1.807, 2.05) is 18.2 Å². The minimum Gasteiger partial charge on any atom is -0.381 e. The SMILES string of the molecule is CC(C)(Cc1cccc(Cl)c1)c1nc([C@H]2CCOC2)no1. The Morgan fingerprint density at radius 3 is 2.95 bits per heavy atom. The first-order chi connectivity index (χ1) is 10.0. The summed E-state index contributed by atoms with van der Waals surface area (Å²) in [4.78, 5) is 4.59. The molecule has 112 valence electrons. The lowest BCUT2D eigenvalue weighted by molar-refractivity contribution is 0.192. The Morgan fingerprint density at radius 2 is 2.24 bits per heavy atom. The molecule has 0 spiro atoms. The number of rotatable bonds is 4. The van der Waals surface area contributed by atoms with E-state index in [2.05, 4.69) is 30.1 Å². The third-order valence-corrected chi connectivity index (χ3v) is 4.09. The van der Waals surface area contributed by atoms with E-state index in [0.717, 1.165) is 35.9 Å². The normalized spacial score (nSPS) is 19.1. The molecule has 21 heavy (non-hydrogen) atoms. The molecule has 4 nitrogen and oxygen atoms in total. The van der Waals surface area contributed by atoms with Crippen molar-refractivity contribution in [2.24, 2.45) is 0 Å². The van der Waals surface area contributed by atoms with Gasteiger partial charge in [0.25, 0.3) is 0 Å². The van der Waals surface area contributed by atoms with Crippen molar-refractivity contribution in [3.05, 3.63) is 46.6 Å². The van der Waals surface area contributed by atoms with Gasteiger partial charge in [0, 0.05) is 23.0 Å². The Hall–Kier alpha value is -1.39. The maximum absolute atomic E-state index is 6.04. The van der Waals surface area contributed by atoms with Crippen molar-refractivity contribution in [1.29, 1.82) is 0 Å². The first-order valence-electron chi connectivity index (χ1n) is 7.21. The molecule has 5 heteroatoms. The van der Waals surface area contributed by atoms with Crippen LogP contribution in [0.1, 0.15) is 43.5 Å². The number of aromatic nitrogens is 2. The summed E-state index contributed by atoms with van der Waals surface area (Å²) in [5.74, 6) is 1.70. The van der Waals surface area contributed by atoms with Crippen LogP contribution in [0.3, 0.4) is 0 Å². The van der Waals surface area contributed by atoms with E-state index in [4.69, 9.17) is 20.9 Å². The highest BCUT2D eigenvalue weighted by molar-refractivity contribution is 6.30. The molecule has 3 rings (SSSR count). The quantitative estimate of drug-likeness (QED) is 0.863. The number of halogens is 1. The Morgan fingerprint density at radius 1 is 1.38 bits per heavy atom. The lowest BCUT2D eigenvalue weighted by Gasteiger charge is -2.19. The Balaban J connectivity index is 1.77. The van der Waals surface area contributed by atoms with Crippen LogP contribution in [0.5, 0.6) is 0 Å². The van der Waals surface area contributed by atoms with Crippen LogP contribution in [0.4, 0.5) is 0 Å². The van der Waals surface area contributed by atoms with Crippen molar-refractivity contribution in [3.63, 3.8) is 0 Å². The van der Waals surface area contributed by atoms with E-state index in [1.54, 1.807) is 0 Å². The highest BCUT2D eigenvalue weighted by Crippen LogP contribution is 2.30. The third kappa shape index (κ3) is 3.27. The summed E-state index contributed by atoms with van der Waals surface area (Å²) in [6.07, 6.45) is 1.77. The van der Waals surface area contributed by atoms with Crippen LogP contribution in [0, 0.1) is 0 Å². The summed E-state index contributed by atoms with van der Waals surface area (Å²) < 4.78 is 10.9. The van der Waals surface area contributed by atoms with Crippen molar-refractivity contribution in [1.82, 2.24) is 10.1 Å². The van der Waals surface area contributed by atoms with Crippen molar-refractivity contribution in [3.8, 4) is 0 Å². The molecule has 1 fully saturated rings. The van der Waals surface area contributed by atoms with E-state index in [9.17, 15) is 0 Å². The molecule has 0 amide bonds. The fourth-order valence-electron chi connectivity index (χ4n) is 2.65. The minimum absolute atomic E-state index is 0.227. The lowest BCUT2D eigenvalue weighted by atomic mass is 9.85. The van der Waals surface area contributed by atoms with Gasteiger partial charge in [0.1, 0.15) is 0 Å². The molecule has 0 N–H and O–H groups in total. The Kier molecular flexibility index (Phi) is 4.00. The van der Waals surface area contributed by atoms with Crippen molar-refractivity contribution in [2.75, 3.05) is 13.2 Å². The lowest BCUT2D eigenvalue weighted by Crippen LogP contribution is -2.21. The molecule has 1 atom stereocenters. The zero-order chi connectivity index (χ0) is 14.9. The van der Waals surface area contributed by atoms with Gasteiger partial charge < -0.3 is 9.26 Å². The predicted molar refractivity (Wildman–Crippen MR) is 80.7 cm³/mol. The fourth-order valence-corrected chi connectivity index (χ4v) is 2.86. The average Bonchev–Trinajstić information content (AvgIpc) is 3.10. The first-order valence-corrected chi connectivity index (χ1v) is 7.59. The van der Waals surface area contributed by atoms with Gasteiger partial charge >= 0.3 is 0 Å². The van der Waals surface area contributed by atoms with Crippen LogP contribution in [0.2, 0.25) is 5.02 Å². The molecule has 0 bridgehead atoms. The zero-order valence-corrected chi connectivity index (χ0v) is 13.1. The van der Waals surface area contributed by atoms with E-state index < -0.39 is 0 Å². The average molecular weight is 307 g/mol. The largest absolute Gasteiger partial charge is 0.381 e. The summed E-state index contributed by atoms with van der Waals surface area (Å²) in [6.45, 7) is 5.68. The van der Waals surface area contributed by atoms with Crippen LogP contribution >= 0.6 is 11.6 Å². The highest BCUT2D eigenvalue weighted by atomic mass is 35.5. The van der Waals surface area contributed by atoms with Gasteiger partial charge in [-0.05, 0) is 30.5 Å². The number of hydrogen-bond donors (Lipinski definition) is 0. The molecule has 2 heterocycles. The van der Waals surface area contributed by atoms with Gasteiger partial charge in [-0.1, -0.05) is 42.7 Å². The predicted octanol–water partition coefficient (Wildman–Crippen LogP) is 3.75. The number of benzene rings is 1. The Bertz CT molecular complexity index is 618. The van der Waals surface area contributed by atoms with Crippen LogP contribution in [0.25, 0.3) is 0 Å². The molecule has 0 aliphatic carbocycles. The summed E-state index contributed by atoms with van der Waals surface area (Å²) >= 11 is 6.04. The van der Waals surface area contributed by atoms with Crippen molar-refractivity contribution in [2.45, 2.75) is 38.0 Å². The smallest absolute Gasteiger partial charge is 0.232 e. The van der Waals surface area contributed by atoms with Crippen LogP contribution in [0.15, 0.2) is 28.8 Å². The van der Waals surface area contributed by atoms with Crippen LogP contribution < -0.4 is 0 Å².